The van der Waals surface area contributed by atoms with Crippen LogP contribution in [-0.2, 0) is 5.54 Å². The summed E-state index contributed by atoms with van der Waals surface area (Å²) in [5.41, 5.74) is 4.16. The van der Waals surface area contributed by atoms with Gasteiger partial charge in [0.05, 0.1) is 11.2 Å². The summed E-state index contributed by atoms with van der Waals surface area (Å²) in [6, 6.07) is 14.1. The third-order valence-electron chi connectivity index (χ3n) is 5.23. The van der Waals surface area contributed by atoms with E-state index >= 15 is 0 Å². The maximum Gasteiger partial charge on any atom is 0.181 e. The molecule has 1 aliphatic rings. The van der Waals surface area contributed by atoms with E-state index in [-0.39, 0.29) is 5.54 Å². The third kappa shape index (κ3) is 2.97. The van der Waals surface area contributed by atoms with Crippen LogP contribution in [0.2, 0.25) is 5.02 Å². The molecule has 0 atom stereocenters. The second kappa shape index (κ2) is 6.72. The first-order valence-corrected chi connectivity index (χ1v) is 9.36. The molecule has 1 fully saturated rings. The van der Waals surface area contributed by atoms with Crippen LogP contribution in [0.15, 0.2) is 42.5 Å². The average Bonchev–Trinajstić information content (AvgIpc) is 3.27. The molecule has 1 aliphatic carbocycles. The van der Waals surface area contributed by atoms with Crippen LogP contribution in [0.5, 0.6) is 0 Å². The fraction of sp³-hybridized carbons (Fsp3) is 0.350. The average molecular weight is 368 g/mol. The number of anilines is 1. The Morgan fingerprint density at radius 3 is 2.31 bits per heavy atom. The minimum absolute atomic E-state index is 0.272. The number of aryl methyl sites for hydroxylation is 2. The van der Waals surface area contributed by atoms with Gasteiger partial charge in [-0.05, 0) is 72.5 Å². The molecule has 5 nitrogen and oxygen atoms in total. The fourth-order valence-electron chi connectivity index (χ4n) is 3.97. The first kappa shape index (κ1) is 17.0. The summed E-state index contributed by atoms with van der Waals surface area (Å²) in [6.07, 6.45) is 4.31. The molecule has 134 valence electrons. The van der Waals surface area contributed by atoms with E-state index in [1.165, 1.54) is 0 Å². The van der Waals surface area contributed by atoms with E-state index < -0.39 is 0 Å². The molecule has 0 bridgehead atoms. The lowest BCUT2D eigenvalue weighted by Crippen LogP contribution is -2.35. The molecule has 0 amide bonds. The van der Waals surface area contributed by atoms with Gasteiger partial charge in [0.25, 0.3) is 0 Å². The molecule has 1 saturated carbocycles. The molecule has 0 unspecified atom stereocenters. The van der Waals surface area contributed by atoms with Crippen molar-refractivity contribution in [3.63, 3.8) is 0 Å². The molecule has 2 aromatic carbocycles. The molecule has 6 heteroatoms. The molecule has 1 heterocycles. The normalized spacial score (nSPS) is 16.0. The van der Waals surface area contributed by atoms with Crippen LogP contribution in [0.1, 0.15) is 42.6 Å². The largest absolute Gasteiger partial charge is 0.373 e. The number of tetrazole rings is 1. The standard InChI is InChI=1S/C20H22ClN5/c1-14-6-5-7-15(2)18(14)26-19(23-24-25-26)20(12-3-4-13-20)22-17-10-8-16(21)9-11-17/h5-11,22H,3-4,12-13H2,1-2H3. The molecule has 0 saturated heterocycles. The molecule has 4 rings (SSSR count). The predicted molar refractivity (Wildman–Crippen MR) is 104 cm³/mol. The van der Waals surface area contributed by atoms with Crippen LogP contribution < -0.4 is 5.32 Å². The second-order valence-corrected chi connectivity index (χ2v) is 7.51. The van der Waals surface area contributed by atoms with Crippen LogP contribution in [0.4, 0.5) is 5.69 Å². The number of nitrogens with one attached hydrogen (secondary N) is 1. The maximum absolute atomic E-state index is 6.04. The summed E-state index contributed by atoms with van der Waals surface area (Å²) in [5, 5.41) is 17.3. The van der Waals surface area contributed by atoms with E-state index in [4.69, 9.17) is 11.6 Å². The lowest BCUT2D eigenvalue weighted by atomic mass is 9.95. The number of hydrogen-bond acceptors (Lipinski definition) is 4. The molecule has 0 aliphatic heterocycles. The van der Waals surface area contributed by atoms with Crippen LogP contribution in [0, 0.1) is 13.8 Å². The van der Waals surface area contributed by atoms with Crippen LogP contribution in [-0.4, -0.2) is 20.2 Å². The summed E-state index contributed by atoms with van der Waals surface area (Å²) in [4.78, 5) is 0. The van der Waals surface area contributed by atoms with Crippen LogP contribution in [0.3, 0.4) is 0 Å². The highest BCUT2D eigenvalue weighted by Crippen LogP contribution is 2.41. The van der Waals surface area contributed by atoms with Crippen molar-refractivity contribution in [1.82, 2.24) is 20.2 Å². The third-order valence-corrected chi connectivity index (χ3v) is 5.49. The van der Waals surface area contributed by atoms with Gasteiger partial charge in [-0.1, -0.05) is 42.6 Å². The summed E-state index contributed by atoms with van der Waals surface area (Å²) in [7, 11) is 0. The molecular weight excluding hydrogens is 346 g/mol. The van der Waals surface area contributed by atoms with Gasteiger partial charge in [0.2, 0.25) is 0 Å². The topological polar surface area (TPSA) is 55.6 Å². The quantitative estimate of drug-likeness (QED) is 0.718. The first-order chi connectivity index (χ1) is 12.6. The number of aromatic nitrogens is 4. The van der Waals surface area contributed by atoms with Gasteiger partial charge in [-0.25, -0.2) is 0 Å². The van der Waals surface area contributed by atoms with Gasteiger partial charge in [-0.3, -0.25) is 0 Å². The first-order valence-electron chi connectivity index (χ1n) is 8.98. The summed E-state index contributed by atoms with van der Waals surface area (Å²) >= 11 is 6.04. The summed E-state index contributed by atoms with van der Waals surface area (Å²) in [5.74, 6) is 0.877. The van der Waals surface area contributed by atoms with Gasteiger partial charge in [0.1, 0.15) is 0 Å². The maximum atomic E-state index is 6.04. The van der Waals surface area contributed by atoms with Crippen molar-refractivity contribution in [3.8, 4) is 5.69 Å². The lowest BCUT2D eigenvalue weighted by Gasteiger charge is -2.30. The van der Waals surface area contributed by atoms with E-state index in [1.54, 1.807) is 0 Å². The highest BCUT2D eigenvalue weighted by molar-refractivity contribution is 6.30. The monoisotopic (exact) mass is 367 g/mol. The molecule has 0 radical (unpaired) electrons. The van der Waals surface area contributed by atoms with Crippen molar-refractivity contribution in [2.24, 2.45) is 0 Å². The fourth-order valence-corrected chi connectivity index (χ4v) is 4.09. The Labute approximate surface area is 158 Å². The molecular formula is C20H22ClN5. The zero-order valence-corrected chi connectivity index (χ0v) is 15.8. The molecule has 3 aromatic rings. The van der Waals surface area contributed by atoms with Gasteiger partial charge < -0.3 is 5.32 Å². The predicted octanol–water partition coefficient (Wildman–Crippen LogP) is 4.81. The van der Waals surface area contributed by atoms with E-state index in [1.807, 2.05) is 28.9 Å². The lowest BCUT2D eigenvalue weighted by molar-refractivity contribution is 0.461. The number of benzene rings is 2. The van der Waals surface area contributed by atoms with Gasteiger partial charge in [0, 0.05) is 10.7 Å². The van der Waals surface area contributed by atoms with Gasteiger partial charge in [-0.15, -0.1) is 5.10 Å². The Hall–Kier alpha value is -2.40. The van der Waals surface area contributed by atoms with Crippen molar-refractivity contribution in [1.29, 1.82) is 0 Å². The van der Waals surface area contributed by atoms with E-state index in [9.17, 15) is 0 Å². The van der Waals surface area contributed by atoms with E-state index in [0.29, 0.717) is 0 Å². The molecule has 1 aromatic heterocycles. The number of halogens is 1. The van der Waals surface area contributed by atoms with E-state index in [0.717, 1.165) is 59.0 Å². The highest BCUT2D eigenvalue weighted by atomic mass is 35.5. The minimum atomic E-state index is -0.272. The minimum Gasteiger partial charge on any atom is -0.373 e. The van der Waals surface area contributed by atoms with Crippen molar-refractivity contribution >= 4 is 17.3 Å². The number of rotatable bonds is 4. The highest BCUT2D eigenvalue weighted by Gasteiger charge is 2.41. The Bertz CT molecular complexity index is 890. The van der Waals surface area contributed by atoms with Gasteiger partial charge in [-0.2, -0.15) is 4.68 Å². The summed E-state index contributed by atoms with van der Waals surface area (Å²) < 4.78 is 1.92. The zero-order valence-electron chi connectivity index (χ0n) is 15.0. The van der Waals surface area contributed by atoms with Crippen molar-refractivity contribution in [3.05, 3.63) is 64.4 Å². The van der Waals surface area contributed by atoms with Crippen LogP contribution >= 0.6 is 11.6 Å². The molecule has 1 N–H and O–H groups in total. The molecule has 0 spiro atoms. The van der Waals surface area contributed by atoms with E-state index in [2.05, 4.69) is 52.9 Å². The molecule has 26 heavy (non-hydrogen) atoms. The Morgan fingerprint density at radius 1 is 1.00 bits per heavy atom. The van der Waals surface area contributed by atoms with Gasteiger partial charge >= 0.3 is 0 Å². The van der Waals surface area contributed by atoms with Crippen molar-refractivity contribution in [2.75, 3.05) is 5.32 Å². The Morgan fingerprint density at radius 2 is 1.65 bits per heavy atom. The summed E-state index contributed by atoms with van der Waals surface area (Å²) in [6.45, 7) is 4.20. The Kier molecular flexibility index (Phi) is 4.41. The number of hydrogen-bond donors (Lipinski definition) is 1. The van der Waals surface area contributed by atoms with Crippen molar-refractivity contribution < 1.29 is 0 Å². The van der Waals surface area contributed by atoms with Gasteiger partial charge in [0.15, 0.2) is 5.82 Å². The van der Waals surface area contributed by atoms with Crippen molar-refractivity contribution in [2.45, 2.75) is 45.1 Å². The second-order valence-electron chi connectivity index (χ2n) is 7.08. The number of para-hydroxylation sites is 1. The number of nitrogens with zero attached hydrogens (tertiary/aromatic N) is 4. The SMILES string of the molecule is Cc1cccc(C)c1-n1nnnc1C1(Nc2ccc(Cl)cc2)CCCC1. The van der Waals surface area contributed by atoms with Crippen LogP contribution in [0.25, 0.3) is 5.69 Å². The zero-order chi connectivity index (χ0) is 18.1. The smallest absolute Gasteiger partial charge is 0.181 e. The Balaban J connectivity index is 1.80.